The number of hydrogen-bond donors (Lipinski definition) is 1. The average Bonchev–Trinajstić information content (AvgIpc) is 3.28. The van der Waals surface area contributed by atoms with E-state index in [1.807, 2.05) is 60.4 Å². The monoisotopic (exact) mass is 421 g/mol. The van der Waals surface area contributed by atoms with Crippen molar-refractivity contribution >= 4 is 16.9 Å². The zero-order chi connectivity index (χ0) is 22.2. The van der Waals surface area contributed by atoms with Gasteiger partial charge in [0.05, 0.1) is 17.6 Å². The van der Waals surface area contributed by atoms with E-state index < -0.39 is 6.10 Å². The summed E-state index contributed by atoms with van der Waals surface area (Å²) in [5.41, 5.74) is 2.79. The number of aromatic nitrogens is 2. The molecule has 0 unspecified atom stereocenters. The van der Waals surface area contributed by atoms with Gasteiger partial charge in [0.15, 0.2) is 0 Å². The van der Waals surface area contributed by atoms with E-state index in [4.69, 9.17) is 9.72 Å². The van der Waals surface area contributed by atoms with E-state index in [1.54, 1.807) is 0 Å². The van der Waals surface area contributed by atoms with Crippen molar-refractivity contribution < 1.29 is 14.6 Å². The first-order valence-corrected chi connectivity index (χ1v) is 10.9. The lowest BCUT2D eigenvalue weighted by atomic mass is 10.1. The fraction of sp³-hybridized carbons (Fsp3) is 0.440. The maximum absolute atomic E-state index is 12.7. The Morgan fingerprint density at radius 2 is 1.87 bits per heavy atom. The quantitative estimate of drug-likeness (QED) is 0.656. The first-order valence-electron chi connectivity index (χ1n) is 10.9. The summed E-state index contributed by atoms with van der Waals surface area (Å²) >= 11 is 0. The van der Waals surface area contributed by atoms with Crippen molar-refractivity contribution in [2.45, 2.75) is 58.2 Å². The number of hydrogen-bond acceptors (Lipinski definition) is 4. The number of nitrogens with zero attached hydrogens (tertiary/aromatic N) is 3. The van der Waals surface area contributed by atoms with Gasteiger partial charge < -0.3 is 19.3 Å². The van der Waals surface area contributed by atoms with Crippen LogP contribution in [0.3, 0.4) is 0 Å². The molecule has 1 aliphatic heterocycles. The third kappa shape index (κ3) is 4.59. The highest BCUT2D eigenvalue weighted by Crippen LogP contribution is 2.34. The molecule has 6 heteroatoms. The van der Waals surface area contributed by atoms with Gasteiger partial charge >= 0.3 is 0 Å². The SMILES string of the molecule is Cc1ccc(OC[C@H](O)Cn2c([C@H]3CC(=O)N(C(C)(C)C)C3)nc3ccccc32)cc1. The third-order valence-corrected chi connectivity index (χ3v) is 5.84. The van der Waals surface area contributed by atoms with Crippen molar-refractivity contribution in [2.24, 2.45) is 0 Å². The van der Waals surface area contributed by atoms with Gasteiger partial charge in [-0.25, -0.2) is 4.98 Å². The molecule has 1 aromatic heterocycles. The number of aliphatic hydroxyl groups is 1. The normalized spacial score (nSPS) is 18.0. The van der Waals surface area contributed by atoms with Crippen LogP contribution in [0.4, 0.5) is 0 Å². The Hall–Kier alpha value is -2.86. The van der Waals surface area contributed by atoms with Crippen LogP contribution in [0.1, 0.15) is 44.5 Å². The molecule has 4 rings (SSSR count). The van der Waals surface area contributed by atoms with Gasteiger partial charge in [0.25, 0.3) is 0 Å². The number of ether oxygens (including phenoxy) is 1. The summed E-state index contributed by atoms with van der Waals surface area (Å²) in [7, 11) is 0. The second-order valence-electron chi connectivity index (χ2n) is 9.42. The van der Waals surface area contributed by atoms with Gasteiger partial charge in [-0.05, 0) is 52.0 Å². The van der Waals surface area contributed by atoms with Crippen LogP contribution >= 0.6 is 0 Å². The molecule has 6 nitrogen and oxygen atoms in total. The summed E-state index contributed by atoms with van der Waals surface area (Å²) < 4.78 is 7.84. The number of amides is 1. The molecule has 2 aromatic carbocycles. The molecular weight excluding hydrogens is 390 g/mol. The summed E-state index contributed by atoms with van der Waals surface area (Å²) in [5, 5.41) is 10.7. The van der Waals surface area contributed by atoms with E-state index in [9.17, 15) is 9.90 Å². The summed E-state index contributed by atoms with van der Waals surface area (Å²) in [6.07, 6.45) is -0.259. The average molecular weight is 422 g/mol. The Labute approximate surface area is 183 Å². The Bertz CT molecular complexity index is 1070. The van der Waals surface area contributed by atoms with E-state index in [1.165, 1.54) is 0 Å². The molecule has 3 aromatic rings. The predicted octanol–water partition coefficient (Wildman–Crippen LogP) is 3.90. The smallest absolute Gasteiger partial charge is 0.223 e. The zero-order valence-corrected chi connectivity index (χ0v) is 18.7. The first kappa shape index (κ1) is 21.4. The van der Waals surface area contributed by atoms with E-state index in [-0.39, 0.29) is 24.0 Å². The van der Waals surface area contributed by atoms with E-state index in [0.29, 0.717) is 19.5 Å². The number of benzene rings is 2. The number of aliphatic hydroxyl groups excluding tert-OH is 1. The number of likely N-dealkylation sites (tertiary alicyclic amines) is 1. The summed E-state index contributed by atoms with van der Waals surface area (Å²) in [6.45, 7) is 9.39. The van der Waals surface area contributed by atoms with Crippen LogP contribution in [0.25, 0.3) is 11.0 Å². The van der Waals surface area contributed by atoms with Crippen LogP contribution in [0, 0.1) is 6.92 Å². The fourth-order valence-corrected chi connectivity index (χ4v) is 4.22. The van der Waals surface area contributed by atoms with Crippen molar-refractivity contribution in [2.75, 3.05) is 13.2 Å². The Morgan fingerprint density at radius 1 is 1.16 bits per heavy atom. The van der Waals surface area contributed by atoms with Crippen molar-refractivity contribution in [1.82, 2.24) is 14.5 Å². The largest absolute Gasteiger partial charge is 0.491 e. The molecule has 1 amide bonds. The molecule has 0 aliphatic carbocycles. The minimum atomic E-state index is -0.700. The number of rotatable bonds is 6. The van der Waals surface area contributed by atoms with Gasteiger partial charge in [-0.3, -0.25) is 4.79 Å². The lowest BCUT2D eigenvalue weighted by Crippen LogP contribution is -2.42. The second kappa shape index (κ2) is 8.35. The molecule has 1 N–H and O–H groups in total. The molecule has 1 fully saturated rings. The minimum Gasteiger partial charge on any atom is -0.491 e. The zero-order valence-electron chi connectivity index (χ0n) is 18.7. The van der Waals surface area contributed by atoms with Crippen molar-refractivity contribution in [3.63, 3.8) is 0 Å². The molecule has 31 heavy (non-hydrogen) atoms. The van der Waals surface area contributed by atoms with Gasteiger partial charge in [-0.1, -0.05) is 29.8 Å². The maximum atomic E-state index is 12.7. The van der Waals surface area contributed by atoms with E-state index in [2.05, 4.69) is 25.3 Å². The molecular formula is C25H31N3O3. The van der Waals surface area contributed by atoms with Gasteiger partial charge in [0.1, 0.15) is 24.3 Å². The van der Waals surface area contributed by atoms with E-state index in [0.717, 1.165) is 28.2 Å². The van der Waals surface area contributed by atoms with Gasteiger partial charge in [0, 0.05) is 24.4 Å². The van der Waals surface area contributed by atoms with Crippen LogP contribution in [0.5, 0.6) is 5.75 Å². The first-order chi connectivity index (χ1) is 14.7. The molecule has 1 aliphatic rings. The lowest BCUT2D eigenvalue weighted by Gasteiger charge is -2.32. The number of imidazole rings is 1. The fourth-order valence-electron chi connectivity index (χ4n) is 4.22. The molecule has 0 spiro atoms. The number of aryl methyl sites for hydroxylation is 1. The lowest BCUT2D eigenvalue weighted by molar-refractivity contribution is -0.131. The molecule has 0 radical (unpaired) electrons. The maximum Gasteiger partial charge on any atom is 0.223 e. The molecule has 2 heterocycles. The van der Waals surface area contributed by atoms with Crippen LogP contribution in [-0.4, -0.2) is 50.3 Å². The van der Waals surface area contributed by atoms with Crippen molar-refractivity contribution in [3.8, 4) is 5.75 Å². The topological polar surface area (TPSA) is 67.6 Å². The van der Waals surface area contributed by atoms with Gasteiger partial charge in [-0.2, -0.15) is 0 Å². The standard InChI is InChI=1S/C25H31N3O3/c1-17-9-11-20(12-10-17)31-16-19(29)15-27-22-8-6-5-7-21(22)26-24(27)18-13-23(30)28(14-18)25(2,3)4/h5-12,18-19,29H,13-16H2,1-4H3/t18-,19+/m0/s1. The van der Waals surface area contributed by atoms with Gasteiger partial charge in [-0.15, -0.1) is 0 Å². The minimum absolute atomic E-state index is 0.00402. The second-order valence-corrected chi connectivity index (χ2v) is 9.42. The number of carbonyl (C=O) groups excluding carboxylic acids is 1. The van der Waals surface area contributed by atoms with Crippen LogP contribution < -0.4 is 4.74 Å². The highest BCUT2D eigenvalue weighted by molar-refractivity contribution is 5.81. The molecule has 164 valence electrons. The number of fused-ring (bicyclic) bond motifs is 1. The third-order valence-electron chi connectivity index (χ3n) is 5.84. The molecule has 0 bridgehead atoms. The Morgan fingerprint density at radius 3 is 2.55 bits per heavy atom. The van der Waals surface area contributed by atoms with Gasteiger partial charge in [0.2, 0.25) is 5.91 Å². The van der Waals surface area contributed by atoms with E-state index >= 15 is 0 Å². The van der Waals surface area contributed by atoms with Crippen LogP contribution in [0.15, 0.2) is 48.5 Å². The molecule has 0 saturated carbocycles. The highest BCUT2D eigenvalue weighted by atomic mass is 16.5. The summed E-state index contributed by atoms with van der Waals surface area (Å²) in [4.78, 5) is 19.4. The van der Waals surface area contributed by atoms with Crippen LogP contribution in [-0.2, 0) is 11.3 Å². The predicted molar refractivity (Wildman–Crippen MR) is 121 cm³/mol. The number of para-hydroxylation sites is 2. The Kier molecular flexibility index (Phi) is 5.75. The highest BCUT2D eigenvalue weighted by Gasteiger charge is 2.39. The van der Waals surface area contributed by atoms with Crippen molar-refractivity contribution in [1.29, 1.82) is 0 Å². The van der Waals surface area contributed by atoms with Crippen molar-refractivity contribution in [3.05, 3.63) is 59.9 Å². The Balaban J connectivity index is 1.55. The van der Waals surface area contributed by atoms with Crippen LogP contribution in [0.2, 0.25) is 0 Å². The molecule has 2 atom stereocenters. The number of carbonyl (C=O) groups is 1. The summed E-state index contributed by atoms with van der Waals surface area (Å²) in [5.74, 6) is 1.75. The summed E-state index contributed by atoms with van der Waals surface area (Å²) in [6, 6.07) is 15.7. The molecule has 1 saturated heterocycles.